The third kappa shape index (κ3) is 4.33. The van der Waals surface area contributed by atoms with Crippen molar-refractivity contribution in [1.29, 1.82) is 0 Å². The van der Waals surface area contributed by atoms with Crippen LogP contribution in [-0.4, -0.2) is 35.0 Å². The second-order valence-corrected chi connectivity index (χ2v) is 7.49. The van der Waals surface area contributed by atoms with Crippen molar-refractivity contribution >= 4 is 22.5 Å². The smallest absolute Gasteiger partial charge is 0.321 e. The molecule has 2 heterocycles. The van der Waals surface area contributed by atoms with Crippen molar-refractivity contribution in [2.75, 3.05) is 18.4 Å². The first-order valence-electron chi connectivity index (χ1n) is 8.35. The van der Waals surface area contributed by atoms with Gasteiger partial charge in [-0.2, -0.15) is 0 Å². The lowest BCUT2D eigenvalue weighted by atomic mass is 9.85. The molecule has 5 nitrogen and oxygen atoms in total. The summed E-state index contributed by atoms with van der Waals surface area (Å²) in [5.74, 6) is 0.805. The number of urea groups is 1. The van der Waals surface area contributed by atoms with Crippen LogP contribution in [0.3, 0.4) is 0 Å². The first-order chi connectivity index (χ1) is 11.6. The highest BCUT2D eigenvalue weighted by Crippen LogP contribution is 2.24. The zero-order chi connectivity index (χ0) is 16.9. The number of thiazole rings is 1. The molecule has 1 aromatic heterocycles. The summed E-state index contributed by atoms with van der Waals surface area (Å²) < 4.78 is 0. The second kappa shape index (κ2) is 7.77. The van der Waals surface area contributed by atoms with Crippen molar-refractivity contribution in [1.82, 2.24) is 15.2 Å². The fourth-order valence-electron chi connectivity index (χ4n) is 3.50. The van der Waals surface area contributed by atoms with Crippen molar-refractivity contribution in [3.05, 3.63) is 47.5 Å². The summed E-state index contributed by atoms with van der Waals surface area (Å²) in [6.45, 7) is 7.36. The number of hydrogen-bond acceptors (Lipinski definition) is 4. The first kappa shape index (κ1) is 16.9. The van der Waals surface area contributed by atoms with E-state index < -0.39 is 0 Å². The van der Waals surface area contributed by atoms with Crippen LogP contribution in [-0.2, 0) is 6.54 Å². The summed E-state index contributed by atoms with van der Waals surface area (Å²) in [6.07, 6.45) is 1.69. The van der Waals surface area contributed by atoms with E-state index in [1.165, 1.54) is 16.9 Å². The van der Waals surface area contributed by atoms with Gasteiger partial charge in [0.05, 0.1) is 0 Å². The molecular formula is C18H24N4OS. The van der Waals surface area contributed by atoms with Crippen LogP contribution in [0.1, 0.15) is 19.4 Å². The molecule has 1 saturated heterocycles. The molecular weight excluding hydrogens is 320 g/mol. The molecule has 1 aromatic carbocycles. The van der Waals surface area contributed by atoms with Crippen LogP contribution in [0.25, 0.3) is 0 Å². The normalized spacial score (nSPS) is 24.5. The maximum atomic E-state index is 12.2. The lowest BCUT2D eigenvalue weighted by molar-refractivity contribution is 0.0994. The molecule has 24 heavy (non-hydrogen) atoms. The molecule has 1 fully saturated rings. The summed E-state index contributed by atoms with van der Waals surface area (Å²) in [7, 11) is 0. The third-order valence-electron chi connectivity index (χ3n) is 4.52. The molecule has 128 valence electrons. The van der Waals surface area contributed by atoms with Gasteiger partial charge in [-0.15, -0.1) is 11.3 Å². The SMILES string of the molecule is CC1CN(Cc2ccccc2)CC(C)C1NC(=O)Nc1nccs1. The molecule has 1 aliphatic rings. The number of piperidine rings is 1. The van der Waals surface area contributed by atoms with E-state index in [1.54, 1.807) is 6.20 Å². The Kier molecular flexibility index (Phi) is 5.48. The molecule has 0 aliphatic carbocycles. The predicted octanol–water partition coefficient (Wildman–Crippen LogP) is 3.42. The Morgan fingerprint density at radius 2 is 1.96 bits per heavy atom. The number of aromatic nitrogens is 1. The van der Waals surface area contributed by atoms with Crippen LogP contribution in [0.4, 0.5) is 9.93 Å². The average Bonchev–Trinajstić information content (AvgIpc) is 3.05. The van der Waals surface area contributed by atoms with Crippen LogP contribution in [0.15, 0.2) is 41.9 Å². The summed E-state index contributed by atoms with van der Waals surface area (Å²) in [4.78, 5) is 18.7. The monoisotopic (exact) mass is 344 g/mol. The highest BCUT2D eigenvalue weighted by molar-refractivity contribution is 7.13. The van der Waals surface area contributed by atoms with Gasteiger partial charge in [0, 0.05) is 37.3 Å². The van der Waals surface area contributed by atoms with E-state index in [-0.39, 0.29) is 12.1 Å². The summed E-state index contributed by atoms with van der Waals surface area (Å²) in [6, 6.07) is 10.6. The number of benzene rings is 1. The number of nitrogens with one attached hydrogen (secondary N) is 2. The van der Waals surface area contributed by atoms with Crippen molar-refractivity contribution in [2.45, 2.75) is 26.4 Å². The molecule has 3 rings (SSSR count). The summed E-state index contributed by atoms with van der Waals surface area (Å²) in [5.41, 5.74) is 1.34. The van der Waals surface area contributed by atoms with Gasteiger partial charge in [-0.3, -0.25) is 10.2 Å². The van der Waals surface area contributed by atoms with Crippen molar-refractivity contribution in [3.63, 3.8) is 0 Å². The maximum absolute atomic E-state index is 12.2. The van der Waals surface area contributed by atoms with E-state index in [4.69, 9.17) is 0 Å². The van der Waals surface area contributed by atoms with Crippen LogP contribution >= 0.6 is 11.3 Å². The number of rotatable bonds is 4. The van der Waals surface area contributed by atoms with E-state index in [0.717, 1.165) is 19.6 Å². The average molecular weight is 344 g/mol. The number of likely N-dealkylation sites (tertiary alicyclic amines) is 1. The number of carbonyl (C=O) groups is 1. The summed E-state index contributed by atoms with van der Waals surface area (Å²) in [5, 5.41) is 8.42. The molecule has 2 N–H and O–H groups in total. The Labute approximate surface area is 147 Å². The van der Waals surface area contributed by atoms with Gasteiger partial charge in [-0.1, -0.05) is 44.2 Å². The molecule has 2 aromatic rings. The maximum Gasteiger partial charge on any atom is 0.321 e. The Hall–Kier alpha value is -1.92. The van der Waals surface area contributed by atoms with E-state index in [1.807, 2.05) is 11.4 Å². The van der Waals surface area contributed by atoms with Crippen molar-refractivity contribution < 1.29 is 4.79 Å². The van der Waals surface area contributed by atoms with Crippen LogP contribution in [0.5, 0.6) is 0 Å². The highest BCUT2D eigenvalue weighted by Gasteiger charge is 2.32. The fourth-order valence-corrected chi connectivity index (χ4v) is 4.03. The third-order valence-corrected chi connectivity index (χ3v) is 5.21. The Bertz CT molecular complexity index is 634. The minimum atomic E-state index is -0.162. The Morgan fingerprint density at radius 1 is 1.25 bits per heavy atom. The van der Waals surface area contributed by atoms with Crippen LogP contribution < -0.4 is 10.6 Å². The Morgan fingerprint density at radius 3 is 2.58 bits per heavy atom. The molecule has 2 unspecified atom stereocenters. The quantitative estimate of drug-likeness (QED) is 0.893. The summed E-state index contributed by atoms with van der Waals surface area (Å²) >= 11 is 1.43. The van der Waals surface area contributed by atoms with Gasteiger partial charge in [0.1, 0.15) is 0 Å². The zero-order valence-corrected chi connectivity index (χ0v) is 14.9. The minimum Gasteiger partial charge on any atom is -0.334 e. The lowest BCUT2D eigenvalue weighted by Crippen LogP contribution is -2.55. The number of hydrogen-bond donors (Lipinski definition) is 2. The van der Waals surface area contributed by atoms with Gasteiger partial charge in [0.25, 0.3) is 0 Å². The minimum absolute atomic E-state index is 0.162. The van der Waals surface area contributed by atoms with Gasteiger partial charge in [0.2, 0.25) is 0 Å². The molecule has 1 aliphatic heterocycles. The van der Waals surface area contributed by atoms with E-state index in [0.29, 0.717) is 17.0 Å². The molecule has 0 spiro atoms. The molecule has 2 atom stereocenters. The van der Waals surface area contributed by atoms with Crippen molar-refractivity contribution in [3.8, 4) is 0 Å². The first-order valence-corrected chi connectivity index (χ1v) is 9.23. The lowest BCUT2D eigenvalue weighted by Gasteiger charge is -2.41. The van der Waals surface area contributed by atoms with Crippen molar-refractivity contribution in [2.24, 2.45) is 11.8 Å². The molecule has 0 saturated carbocycles. The Balaban J connectivity index is 1.54. The van der Waals surface area contributed by atoms with Crippen LogP contribution in [0.2, 0.25) is 0 Å². The van der Waals surface area contributed by atoms with Gasteiger partial charge < -0.3 is 5.32 Å². The zero-order valence-electron chi connectivity index (χ0n) is 14.1. The standard InChI is InChI=1S/C18H24N4OS/c1-13-10-22(12-15-6-4-3-5-7-15)11-14(2)16(13)20-17(23)21-18-19-8-9-24-18/h3-9,13-14,16H,10-12H2,1-2H3,(H2,19,20,21,23). The second-order valence-electron chi connectivity index (χ2n) is 6.60. The van der Waals surface area contributed by atoms with Gasteiger partial charge >= 0.3 is 6.03 Å². The van der Waals surface area contributed by atoms with Crippen LogP contribution in [0, 0.1) is 11.8 Å². The fraction of sp³-hybridized carbons (Fsp3) is 0.444. The van der Waals surface area contributed by atoms with Gasteiger partial charge in [-0.05, 0) is 17.4 Å². The van der Waals surface area contributed by atoms with Gasteiger partial charge in [-0.25, -0.2) is 9.78 Å². The molecule has 2 amide bonds. The number of amides is 2. The predicted molar refractivity (Wildman–Crippen MR) is 98.1 cm³/mol. The number of anilines is 1. The number of carbonyl (C=O) groups excluding carboxylic acids is 1. The molecule has 6 heteroatoms. The highest BCUT2D eigenvalue weighted by atomic mass is 32.1. The number of nitrogens with zero attached hydrogens (tertiary/aromatic N) is 2. The van der Waals surface area contributed by atoms with E-state index in [9.17, 15) is 4.79 Å². The van der Waals surface area contributed by atoms with E-state index >= 15 is 0 Å². The van der Waals surface area contributed by atoms with Gasteiger partial charge in [0.15, 0.2) is 5.13 Å². The largest absolute Gasteiger partial charge is 0.334 e. The molecule has 0 radical (unpaired) electrons. The topological polar surface area (TPSA) is 57.3 Å². The molecule has 0 bridgehead atoms. The van der Waals surface area contributed by atoms with E-state index in [2.05, 4.69) is 58.6 Å².